The second kappa shape index (κ2) is 7.35. The molecule has 0 spiro atoms. The monoisotopic (exact) mass is 326 g/mol. The highest BCUT2D eigenvalue weighted by Gasteiger charge is 2.28. The number of thioether (sulfide) groups is 1. The van der Waals surface area contributed by atoms with Gasteiger partial charge < -0.3 is 0 Å². The molecule has 0 aliphatic carbocycles. The molecule has 0 saturated heterocycles. The van der Waals surface area contributed by atoms with Gasteiger partial charge in [0.1, 0.15) is 0 Å². The lowest BCUT2D eigenvalue weighted by atomic mass is 9.72. The summed E-state index contributed by atoms with van der Waals surface area (Å²) in [6.45, 7) is 11.1. The molecule has 2 heteroatoms. The molecule has 2 rings (SSSR count). The van der Waals surface area contributed by atoms with Crippen molar-refractivity contribution in [2.24, 2.45) is 5.92 Å². The lowest BCUT2D eigenvalue weighted by Crippen LogP contribution is -2.25. The minimum atomic E-state index is 0.0463. The van der Waals surface area contributed by atoms with Crippen molar-refractivity contribution < 1.29 is 4.79 Å². The summed E-state index contributed by atoms with van der Waals surface area (Å²) < 4.78 is 0. The normalized spacial score (nSPS) is 11.7. The third-order valence-corrected chi connectivity index (χ3v) is 5.55. The number of carbonyl (C=O) groups is 1. The molecular formula is C21H26OS. The summed E-state index contributed by atoms with van der Waals surface area (Å²) in [6.07, 6.45) is 0. The number of hydrogen-bond acceptors (Lipinski definition) is 2. The van der Waals surface area contributed by atoms with Crippen LogP contribution in [0.25, 0.3) is 11.1 Å². The zero-order valence-corrected chi connectivity index (χ0v) is 15.5. The first-order valence-corrected chi connectivity index (χ1v) is 9.24. The van der Waals surface area contributed by atoms with Crippen LogP contribution in [0.5, 0.6) is 0 Å². The van der Waals surface area contributed by atoms with E-state index in [4.69, 9.17) is 0 Å². The van der Waals surface area contributed by atoms with E-state index in [-0.39, 0.29) is 10.5 Å². The van der Waals surface area contributed by atoms with E-state index in [0.717, 1.165) is 16.9 Å². The summed E-state index contributed by atoms with van der Waals surface area (Å²) in [5.41, 5.74) is 4.38. The third-order valence-electron chi connectivity index (χ3n) is 4.78. The molecule has 0 atom stereocenters. The molecule has 0 amide bonds. The lowest BCUT2D eigenvalue weighted by molar-refractivity contribution is 0.108. The summed E-state index contributed by atoms with van der Waals surface area (Å²) in [4.78, 5) is 12.5. The second-order valence-electron chi connectivity index (χ2n) is 6.69. The highest BCUT2D eigenvalue weighted by atomic mass is 32.2. The molecule has 122 valence electrons. The summed E-state index contributed by atoms with van der Waals surface area (Å²) in [5.74, 6) is 1.31. The third kappa shape index (κ3) is 3.69. The molecule has 0 N–H and O–H groups in total. The molecule has 0 saturated carbocycles. The fourth-order valence-corrected chi connectivity index (χ4v) is 3.29. The lowest BCUT2D eigenvalue weighted by Gasteiger charge is -2.32. The van der Waals surface area contributed by atoms with E-state index in [2.05, 4.69) is 58.0 Å². The van der Waals surface area contributed by atoms with Crippen LogP contribution in [0.3, 0.4) is 0 Å². The van der Waals surface area contributed by atoms with Crippen LogP contribution in [-0.2, 0) is 5.41 Å². The summed E-state index contributed by atoms with van der Waals surface area (Å²) >= 11 is 1.37. The molecule has 2 aromatic rings. The molecular weight excluding hydrogens is 300 g/mol. The smallest absolute Gasteiger partial charge is 0.219 e. The van der Waals surface area contributed by atoms with Gasteiger partial charge in [0.2, 0.25) is 5.12 Å². The van der Waals surface area contributed by atoms with E-state index in [1.54, 1.807) is 0 Å². The van der Waals surface area contributed by atoms with Gasteiger partial charge in [-0.15, -0.1) is 0 Å². The van der Waals surface area contributed by atoms with Crippen LogP contribution in [0.2, 0.25) is 0 Å². The number of benzene rings is 2. The van der Waals surface area contributed by atoms with Crippen LogP contribution in [0.1, 0.15) is 50.5 Å². The fraction of sp³-hybridized carbons (Fsp3) is 0.381. The molecule has 0 aliphatic heterocycles. The first kappa shape index (κ1) is 17.8. The molecule has 2 aromatic carbocycles. The molecule has 1 nitrogen and oxygen atoms in total. The van der Waals surface area contributed by atoms with Crippen molar-refractivity contribution in [3.8, 4) is 11.1 Å². The van der Waals surface area contributed by atoms with Crippen molar-refractivity contribution in [1.29, 1.82) is 0 Å². The van der Waals surface area contributed by atoms with Gasteiger partial charge in [-0.1, -0.05) is 88.8 Å². The van der Waals surface area contributed by atoms with E-state index in [1.807, 2.05) is 25.1 Å². The van der Waals surface area contributed by atoms with Crippen molar-refractivity contribution >= 4 is 16.9 Å². The highest BCUT2D eigenvalue weighted by Crippen LogP contribution is 2.39. The zero-order valence-electron chi connectivity index (χ0n) is 14.7. The van der Waals surface area contributed by atoms with E-state index >= 15 is 0 Å². The summed E-state index contributed by atoms with van der Waals surface area (Å²) in [6, 6.07) is 16.5. The van der Waals surface area contributed by atoms with Gasteiger partial charge in [0.05, 0.1) is 0 Å². The molecule has 23 heavy (non-hydrogen) atoms. The van der Waals surface area contributed by atoms with Gasteiger partial charge in [0.15, 0.2) is 0 Å². The van der Waals surface area contributed by atoms with Gasteiger partial charge >= 0.3 is 0 Å². The van der Waals surface area contributed by atoms with Gasteiger partial charge in [0.25, 0.3) is 0 Å². The summed E-state index contributed by atoms with van der Waals surface area (Å²) in [7, 11) is 0. The fourth-order valence-electron chi connectivity index (χ4n) is 2.70. The van der Waals surface area contributed by atoms with Crippen LogP contribution >= 0.6 is 11.8 Å². The van der Waals surface area contributed by atoms with E-state index in [9.17, 15) is 4.79 Å². The topological polar surface area (TPSA) is 17.1 Å². The van der Waals surface area contributed by atoms with E-state index in [0.29, 0.717) is 5.92 Å². The van der Waals surface area contributed by atoms with Crippen LogP contribution < -0.4 is 0 Å². The van der Waals surface area contributed by atoms with Gasteiger partial charge in [-0.05, 0) is 39.8 Å². The van der Waals surface area contributed by atoms with Crippen LogP contribution in [0.15, 0.2) is 48.5 Å². The van der Waals surface area contributed by atoms with E-state index < -0.39 is 0 Å². The number of carbonyl (C=O) groups excluding carboxylic acids is 1. The Morgan fingerprint density at radius 3 is 2.17 bits per heavy atom. The Bertz CT molecular complexity index is 686. The van der Waals surface area contributed by atoms with Gasteiger partial charge in [-0.2, -0.15) is 0 Å². The van der Waals surface area contributed by atoms with Gasteiger partial charge in [-0.25, -0.2) is 0 Å². The van der Waals surface area contributed by atoms with Crippen molar-refractivity contribution in [1.82, 2.24) is 0 Å². The van der Waals surface area contributed by atoms with Gasteiger partial charge in [0, 0.05) is 5.56 Å². The minimum absolute atomic E-state index is 0.0463. The van der Waals surface area contributed by atoms with Crippen molar-refractivity contribution in [2.75, 3.05) is 5.75 Å². The van der Waals surface area contributed by atoms with Crippen molar-refractivity contribution in [3.05, 3.63) is 59.7 Å². The Labute approximate surface area is 144 Å². The Hall–Kier alpha value is -1.54. The predicted octanol–water partition coefficient (Wildman–Crippen LogP) is 6.18. The summed E-state index contributed by atoms with van der Waals surface area (Å²) in [5, 5.41) is 0.153. The first-order chi connectivity index (χ1) is 10.9. The number of hydrogen-bond donors (Lipinski definition) is 0. The average Bonchev–Trinajstić information content (AvgIpc) is 2.55. The zero-order chi connectivity index (χ0) is 17.0. The molecule has 0 radical (unpaired) electrons. The Morgan fingerprint density at radius 2 is 1.57 bits per heavy atom. The Morgan fingerprint density at radius 1 is 1.00 bits per heavy atom. The first-order valence-electron chi connectivity index (χ1n) is 8.25. The van der Waals surface area contributed by atoms with Crippen LogP contribution in [-0.4, -0.2) is 10.9 Å². The maximum Gasteiger partial charge on any atom is 0.219 e. The molecule has 0 bridgehead atoms. The van der Waals surface area contributed by atoms with E-state index in [1.165, 1.54) is 22.9 Å². The molecule has 0 heterocycles. The SMILES string of the molecule is CCSC(=O)c1ccccc1-c1ccccc1C(C)(C)C(C)C. The average molecular weight is 327 g/mol. The maximum absolute atomic E-state index is 12.5. The molecule has 0 fully saturated rings. The Balaban J connectivity index is 2.63. The highest BCUT2D eigenvalue weighted by molar-refractivity contribution is 8.14. The number of rotatable bonds is 5. The molecule has 0 aliphatic rings. The minimum Gasteiger partial charge on any atom is -0.282 e. The van der Waals surface area contributed by atoms with Crippen molar-refractivity contribution in [2.45, 2.75) is 40.0 Å². The van der Waals surface area contributed by atoms with Gasteiger partial charge in [-0.3, -0.25) is 4.79 Å². The Kier molecular flexibility index (Phi) is 5.69. The van der Waals surface area contributed by atoms with Crippen molar-refractivity contribution in [3.63, 3.8) is 0 Å². The van der Waals surface area contributed by atoms with Crippen LogP contribution in [0, 0.1) is 5.92 Å². The maximum atomic E-state index is 12.5. The standard InChI is InChI=1S/C21H26OS/c1-6-23-20(22)18-13-8-7-11-16(18)17-12-9-10-14-19(17)21(4,5)15(2)3/h7-15H,6H2,1-5H3. The molecule has 0 unspecified atom stereocenters. The van der Waals surface area contributed by atoms with Crippen LogP contribution in [0.4, 0.5) is 0 Å². The second-order valence-corrected chi connectivity index (χ2v) is 7.92. The largest absolute Gasteiger partial charge is 0.282 e. The predicted molar refractivity (Wildman–Crippen MR) is 102 cm³/mol. The molecule has 0 aromatic heterocycles. The quantitative estimate of drug-likeness (QED) is 0.652.